The highest BCUT2D eigenvalue weighted by Crippen LogP contribution is 2.24. The molecule has 0 amide bonds. The number of halogens is 1. The minimum atomic E-state index is -2.58. The van der Waals surface area contributed by atoms with Gasteiger partial charge in [-0.05, 0) is 40.3 Å². The molecule has 0 bridgehead atoms. The average molecular weight is 320 g/mol. The van der Waals surface area contributed by atoms with E-state index in [0.29, 0.717) is 10.5 Å². The van der Waals surface area contributed by atoms with E-state index in [2.05, 4.69) is 35.7 Å². The van der Waals surface area contributed by atoms with Crippen LogP contribution >= 0.6 is 22.6 Å². The monoisotopic (exact) mass is 320 g/mol. The van der Waals surface area contributed by atoms with Crippen molar-refractivity contribution in [1.29, 1.82) is 0 Å². The van der Waals surface area contributed by atoms with E-state index >= 15 is 0 Å². The second kappa shape index (κ2) is 4.75. The van der Waals surface area contributed by atoms with E-state index in [9.17, 15) is 8.42 Å². The Balaban J connectivity index is 3.64. The molecule has 0 spiro atoms. The fourth-order valence-corrected chi connectivity index (χ4v) is 2.47. The van der Waals surface area contributed by atoms with Gasteiger partial charge in [0.15, 0.2) is 10.7 Å². The Bertz CT molecular complexity index is 453. The van der Waals surface area contributed by atoms with Crippen molar-refractivity contribution < 1.29 is 8.42 Å². The van der Waals surface area contributed by atoms with E-state index in [1.165, 1.54) is 0 Å². The topological polar surface area (TPSA) is 34.1 Å². The minimum Gasteiger partial charge on any atom is -0.227 e. The third kappa shape index (κ3) is 2.06. The highest BCUT2D eigenvalue weighted by Gasteiger charge is 2.08. The summed E-state index contributed by atoms with van der Waals surface area (Å²) in [6.07, 6.45) is 3.18. The van der Waals surface area contributed by atoms with Crippen LogP contribution in [0, 0.1) is 3.57 Å². The van der Waals surface area contributed by atoms with E-state index in [0.717, 1.165) is 9.13 Å². The van der Waals surface area contributed by atoms with Gasteiger partial charge < -0.3 is 0 Å². The van der Waals surface area contributed by atoms with Gasteiger partial charge in [-0.15, -0.1) is 0 Å². The number of hydrogen-bond acceptors (Lipinski definition) is 2. The molecule has 0 unspecified atom stereocenters. The first kappa shape index (κ1) is 11.5. The lowest BCUT2D eigenvalue weighted by atomic mass is 10.1. The van der Waals surface area contributed by atoms with Gasteiger partial charge in [-0.25, -0.2) is 8.42 Å². The maximum absolute atomic E-state index is 10.9. The van der Waals surface area contributed by atoms with Crippen LogP contribution in [-0.4, -0.2) is 8.42 Å². The summed E-state index contributed by atoms with van der Waals surface area (Å²) in [6, 6.07) is 3.34. The van der Waals surface area contributed by atoms with Crippen molar-refractivity contribution in [2.24, 2.45) is 0 Å². The molecule has 1 rings (SSSR count). The van der Waals surface area contributed by atoms with Crippen molar-refractivity contribution in [2.75, 3.05) is 0 Å². The summed E-state index contributed by atoms with van der Waals surface area (Å²) in [4.78, 5) is 0.297. The van der Waals surface area contributed by atoms with Gasteiger partial charge in [0.1, 0.15) is 0 Å². The Morgan fingerprint density at radius 1 is 1.14 bits per heavy atom. The van der Waals surface area contributed by atoms with Crippen molar-refractivity contribution in [3.8, 4) is 0 Å². The van der Waals surface area contributed by atoms with Crippen molar-refractivity contribution >= 4 is 45.4 Å². The second-order valence-electron chi connectivity index (χ2n) is 2.56. The highest BCUT2D eigenvalue weighted by atomic mass is 127. The Morgan fingerprint density at radius 2 is 1.71 bits per heavy atom. The number of benzene rings is 1. The molecule has 0 aliphatic carbocycles. The largest absolute Gasteiger partial charge is 0.227 e. The van der Waals surface area contributed by atoms with Gasteiger partial charge in [-0.3, -0.25) is 0 Å². The molecule has 0 radical (unpaired) electrons. The molecular formula is C10H9IO2S. The molecule has 0 aliphatic heterocycles. The summed E-state index contributed by atoms with van der Waals surface area (Å²) in [5.41, 5.74) is 1.44. The molecule has 0 N–H and O–H groups in total. The van der Waals surface area contributed by atoms with E-state index < -0.39 is 10.7 Å². The fourth-order valence-electron chi connectivity index (χ4n) is 1.18. The van der Waals surface area contributed by atoms with Crippen LogP contribution in [0.15, 0.2) is 30.2 Å². The van der Waals surface area contributed by atoms with Crippen LogP contribution in [0.3, 0.4) is 0 Å². The van der Waals surface area contributed by atoms with Crippen molar-refractivity contribution in [3.63, 3.8) is 0 Å². The summed E-state index contributed by atoms with van der Waals surface area (Å²) < 4.78 is 22.8. The lowest BCUT2D eigenvalue weighted by Crippen LogP contribution is -1.92. The summed E-state index contributed by atoms with van der Waals surface area (Å²) in [7, 11) is -2.58. The SMILES string of the molecule is C=Cc1c(I)ccc([SH](=O)=O)c1C=C. The van der Waals surface area contributed by atoms with Crippen molar-refractivity contribution in [3.05, 3.63) is 40.0 Å². The first-order valence-corrected chi connectivity index (χ1v) is 6.09. The minimum absolute atomic E-state index is 0.297. The number of hydrogen-bond donors (Lipinski definition) is 1. The van der Waals surface area contributed by atoms with E-state index in [-0.39, 0.29) is 0 Å². The highest BCUT2D eigenvalue weighted by molar-refractivity contribution is 14.1. The molecule has 0 aromatic heterocycles. The van der Waals surface area contributed by atoms with Crippen LogP contribution < -0.4 is 0 Å². The molecule has 2 nitrogen and oxygen atoms in total. The van der Waals surface area contributed by atoms with Gasteiger partial charge in [-0.2, -0.15) is 0 Å². The summed E-state index contributed by atoms with van der Waals surface area (Å²) in [5.74, 6) is 0. The standard InChI is InChI=1S/C10H9IO2S/c1-3-7-8(4-2)10(14(12)13)6-5-9(7)11/h3-6,14H,1-2H2. The predicted octanol–water partition coefficient (Wildman–Crippen LogP) is 2.55. The van der Waals surface area contributed by atoms with E-state index in [1.807, 2.05) is 0 Å². The molecule has 0 saturated heterocycles. The zero-order chi connectivity index (χ0) is 10.7. The molecule has 0 heterocycles. The quantitative estimate of drug-likeness (QED) is 0.686. The Morgan fingerprint density at radius 3 is 2.14 bits per heavy atom. The first-order chi connectivity index (χ1) is 6.61. The Labute approximate surface area is 98.4 Å². The zero-order valence-corrected chi connectivity index (χ0v) is 10.4. The van der Waals surface area contributed by atoms with Crippen LogP contribution in [-0.2, 0) is 10.7 Å². The summed E-state index contributed by atoms with van der Waals surface area (Å²) in [6.45, 7) is 7.26. The lowest BCUT2D eigenvalue weighted by Gasteiger charge is -2.06. The van der Waals surface area contributed by atoms with Crippen LogP contribution in [0.4, 0.5) is 0 Å². The van der Waals surface area contributed by atoms with Gasteiger partial charge in [0.05, 0.1) is 4.90 Å². The van der Waals surface area contributed by atoms with E-state index in [4.69, 9.17) is 0 Å². The Kier molecular flexibility index (Phi) is 3.88. The molecule has 1 aromatic carbocycles. The van der Waals surface area contributed by atoms with Crippen molar-refractivity contribution in [2.45, 2.75) is 4.90 Å². The average Bonchev–Trinajstić information content (AvgIpc) is 2.16. The number of rotatable bonds is 3. The maximum atomic E-state index is 10.9. The van der Waals surface area contributed by atoms with Gasteiger partial charge in [0.25, 0.3) is 0 Å². The van der Waals surface area contributed by atoms with Crippen LogP contribution in [0.25, 0.3) is 12.2 Å². The van der Waals surface area contributed by atoms with Gasteiger partial charge in [0, 0.05) is 9.13 Å². The third-order valence-electron chi connectivity index (χ3n) is 1.82. The third-order valence-corrected chi connectivity index (χ3v) is 3.54. The number of thiol groups is 1. The fraction of sp³-hybridized carbons (Fsp3) is 0. The first-order valence-electron chi connectivity index (χ1n) is 3.83. The second-order valence-corrected chi connectivity index (χ2v) is 4.72. The van der Waals surface area contributed by atoms with Gasteiger partial charge >= 0.3 is 0 Å². The van der Waals surface area contributed by atoms with Crippen LogP contribution in [0.2, 0.25) is 0 Å². The molecule has 74 valence electrons. The molecule has 4 heteroatoms. The van der Waals surface area contributed by atoms with Gasteiger partial charge in [0.2, 0.25) is 0 Å². The van der Waals surface area contributed by atoms with E-state index in [1.54, 1.807) is 24.3 Å². The van der Waals surface area contributed by atoms with Crippen molar-refractivity contribution in [1.82, 2.24) is 0 Å². The molecule has 0 fully saturated rings. The Hall–Kier alpha value is -0.620. The smallest absolute Gasteiger partial charge is 0.168 e. The molecule has 0 atom stereocenters. The molecule has 1 aromatic rings. The summed E-state index contributed by atoms with van der Waals surface area (Å²) >= 11 is 2.13. The summed E-state index contributed by atoms with van der Waals surface area (Å²) in [5, 5.41) is 0. The molecule has 0 saturated carbocycles. The maximum Gasteiger partial charge on any atom is 0.168 e. The van der Waals surface area contributed by atoms with Crippen LogP contribution in [0.1, 0.15) is 11.1 Å². The predicted molar refractivity (Wildman–Crippen MR) is 67.9 cm³/mol. The lowest BCUT2D eigenvalue weighted by molar-refractivity contribution is 0.614. The molecule has 14 heavy (non-hydrogen) atoms. The zero-order valence-electron chi connectivity index (χ0n) is 7.37. The molecule has 0 aliphatic rings. The van der Waals surface area contributed by atoms with Gasteiger partial charge in [-0.1, -0.05) is 25.3 Å². The van der Waals surface area contributed by atoms with Crippen LogP contribution in [0.5, 0.6) is 0 Å². The molecular weight excluding hydrogens is 311 g/mol. The normalized spacial score (nSPS) is 10.1.